The standard InChI is InChI=1S/C13H17NOS/c15-13-4-2-1-3-10(13)9-14-11-5-7-12(16)8-6-11/h5-10,13,15-16H,1-4H2/t10-,13+/m0/s1. The van der Waals surface area contributed by atoms with Gasteiger partial charge in [0.1, 0.15) is 0 Å². The molecule has 1 aliphatic carbocycles. The van der Waals surface area contributed by atoms with Crippen LogP contribution in [0.15, 0.2) is 34.2 Å². The summed E-state index contributed by atoms with van der Waals surface area (Å²) in [5, 5.41) is 9.79. The lowest BCUT2D eigenvalue weighted by molar-refractivity contribution is 0.103. The van der Waals surface area contributed by atoms with E-state index >= 15 is 0 Å². The van der Waals surface area contributed by atoms with Gasteiger partial charge in [-0.2, -0.15) is 0 Å². The van der Waals surface area contributed by atoms with E-state index in [0.29, 0.717) is 0 Å². The predicted molar refractivity (Wildman–Crippen MR) is 69.8 cm³/mol. The van der Waals surface area contributed by atoms with Crippen molar-refractivity contribution in [2.45, 2.75) is 36.7 Å². The minimum Gasteiger partial charge on any atom is -0.392 e. The van der Waals surface area contributed by atoms with Gasteiger partial charge in [-0.1, -0.05) is 12.8 Å². The fourth-order valence-corrected chi connectivity index (χ4v) is 2.18. The first-order valence-electron chi connectivity index (χ1n) is 5.77. The molecule has 0 bridgehead atoms. The topological polar surface area (TPSA) is 32.6 Å². The van der Waals surface area contributed by atoms with Crippen LogP contribution in [0.1, 0.15) is 25.7 Å². The number of thiol groups is 1. The molecule has 0 spiro atoms. The summed E-state index contributed by atoms with van der Waals surface area (Å²) >= 11 is 4.22. The SMILES string of the molecule is O[C@@H]1CCCC[C@H]1C=Nc1ccc(S)cc1. The third-order valence-electron chi connectivity index (χ3n) is 3.05. The van der Waals surface area contributed by atoms with E-state index in [1.807, 2.05) is 30.5 Å². The van der Waals surface area contributed by atoms with E-state index in [4.69, 9.17) is 0 Å². The Balaban J connectivity index is 2.00. The average Bonchev–Trinajstić information content (AvgIpc) is 2.30. The van der Waals surface area contributed by atoms with E-state index in [1.165, 1.54) is 6.42 Å². The smallest absolute Gasteiger partial charge is 0.0626 e. The highest BCUT2D eigenvalue weighted by Crippen LogP contribution is 2.24. The summed E-state index contributed by atoms with van der Waals surface area (Å²) in [5.41, 5.74) is 0.926. The molecule has 0 amide bonds. The molecule has 1 aliphatic rings. The van der Waals surface area contributed by atoms with Crippen LogP contribution in [-0.2, 0) is 0 Å². The molecule has 16 heavy (non-hydrogen) atoms. The maximum absolute atomic E-state index is 9.79. The van der Waals surface area contributed by atoms with Crippen LogP contribution in [0.25, 0.3) is 0 Å². The summed E-state index contributed by atoms with van der Waals surface area (Å²) in [6, 6.07) is 7.72. The van der Waals surface area contributed by atoms with Gasteiger partial charge in [-0.3, -0.25) is 4.99 Å². The maximum Gasteiger partial charge on any atom is 0.0626 e. The van der Waals surface area contributed by atoms with E-state index in [0.717, 1.165) is 29.8 Å². The lowest BCUT2D eigenvalue weighted by Crippen LogP contribution is -2.25. The summed E-state index contributed by atoms with van der Waals surface area (Å²) in [5.74, 6) is 0.226. The molecule has 0 saturated heterocycles. The molecule has 0 unspecified atom stereocenters. The molecule has 2 rings (SSSR count). The van der Waals surface area contributed by atoms with Gasteiger partial charge in [-0.25, -0.2) is 0 Å². The van der Waals surface area contributed by atoms with Gasteiger partial charge < -0.3 is 5.11 Å². The molecule has 1 aromatic rings. The van der Waals surface area contributed by atoms with Crippen LogP contribution in [0.5, 0.6) is 0 Å². The van der Waals surface area contributed by atoms with E-state index in [-0.39, 0.29) is 12.0 Å². The molecule has 1 fully saturated rings. The number of aliphatic hydroxyl groups is 1. The largest absolute Gasteiger partial charge is 0.392 e. The van der Waals surface area contributed by atoms with Gasteiger partial charge in [-0.15, -0.1) is 12.6 Å². The monoisotopic (exact) mass is 235 g/mol. The number of benzene rings is 1. The Hall–Kier alpha value is -0.800. The molecule has 0 heterocycles. The molecule has 1 N–H and O–H groups in total. The van der Waals surface area contributed by atoms with Crippen LogP contribution < -0.4 is 0 Å². The minimum atomic E-state index is -0.207. The van der Waals surface area contributed by atoms with Crippen LogP contribution in [0.2, 0.25) is 0 Å². The Morgan fingerprint density at radius 2 is 1.88 bits per heavy atom. The normalized spacial score (nSPS) is 26.1. The van der Waals surface area contributed by atoms with Crippen molar-refractivity contribution in [2.75, 3.05) is 0 Å². The molecular formula is C13H17NOS. The van der Waals surface area contributed by atoms with Crippen molar-refractivity contribution in [3.05, 3.63) is 24.3 Å². The first-order chi connectivity index (χ1) is 7.75. The molecular weight excluding hydrogens is 218 g/mol. The van der Waals surface area contributed by atoms with Gasteiger partial charge in [0.15, 0.2) is 0 Å². The number of hydrogen-bond acceptors (Lipinski definition) is 3. The van der Waals surface area contributed by atoms with Crippen molar-refractivity contribution < 1.29 is 5.11 Å². The Kier molecular flexibility index (Phi) is 4.02. The average molecular weight is 235 g/mol. The van der Waals surface area contributed by atoms with Gasteiger partial charge in [0.25, 0.3) is 0 Å². The zero-order valence-electron chi connectivity index (χ0n) is 9.21. The van der Waals surface area contributed by atoms with Crippen LogP contribution in [0.3, 0.4) is 0 Å². The van der Waals surface area contributed by atoms with Crippen molar-refractivity contribution in [3.8, 4) is 0 Å². The number of hydrogen-bond donors (Lipinski definition) is 2. The molecule has 0 radical (unpaired) electrons. The lowest BCUT2D eigenvalue weighted by atomic mass is 9.87. The van der Waals surface area contributed by atoms with Gasteiger partial charge in [0.05, 0.1) is 11.8 Å². The fraction of sp³-hybridized carbons (Fsp3) is 0.462. The molecule has 1 aromatic carbocycles. The summed E-state index contributed by atoms with van der Waals surface area (Å²) < 4.78 is 0. The van der Waals surface area contributed by atoms with Crippen molar-refractivity contribution in [1.82, 2.24) is 0 Å². The van der Waals surface area contributed by atoms with Crippen LogP contribution in [0, 0.1) is 5.92 Å². The van der Waals surface area contributed by atoms with E-state index < -0.39 is 0 Å². The van der Waals surface area contributed by atoms with Gasteiger partial charge in [0, 0.05) is 17.0 Å². The quantitative estimate of drug-likeness (QED) is 0.598. The highest BCUT2D eigenvalue weighted by molar-refractivity contribution is 7.80. The van der Waals surface area contributed by atoms with Crippen LogP contribution in [0.4, 0.5) is 5.69 Å². The molecule has 2 nitrogen and oxygen atoms in total. The zero-order valence-corrected chi connectivity index (χ0v) is 10.1. The minimum absolute atomic E-state index is 0.207. The molecule has 2 atom stereocenters. The molecule has 3 heteroatoms. The Morgan fingerprint density at radius 1 is 1.19 bits per heavy atom. The third-order valence-corrected chi connectivity index (χ3v) is 3.34. The Morgan fingerprint density at radius 3 is 2.56 bits per heavy atom. The highest BCUT2D eigenvalue weighted by atomic mass is 32.1. The van der Waals surface area contributed by atoms with Crippen molar-refractivity contribution in [1.29, 1.82) is 0 Å². The van der Waals surface area contributed by atoms with Crippen molar-refractivity contribution in [3.63, 3.8) is 0 Å². The number of nitrogens with zero attached hydrogens (tertiary/aromatic N) is 1. The van der Waals surface area contributed by atoms with Gasteiger partial charge in [0.2, 0.25) is 0 Å². The number of rotatable bonds is 2. The molecule has 86 valence electrons. The highest BCUT2D eigenvalue weighted by Gasteiger charge is 2.20. The predicted octanol–water partition coefficient (Wildman–Crippen LogP) is 3.23. The fourth-order valence-electron chi connectivity index (χ4n) is 2.03. The molecule has 0 aliphatic heterocycles. The molecule has 1 saturated carbocycles. The summed E-state index contributed by atoms with van der Waals surface area (Å²) in [7, 11) is 0. The summed E-state index contributed by atoms with van der Waals surface area (Å²) in [6.07, 6.45) is 5.99. The third kappa shape index (κ3) is 3.09. The van der Waals surface area contributed by atoms with Gasteiger partial charge in [-0.05, 0) is 37.1 Å². The Labute approximate surface area is 102 Å². The first-order valence-corrected chi connectivity index (χ1v) is 6.22. The van der Waals surface area contributed by atoms with Crippen LogP contribution in [-0.4, -0.2) is 17.4 Å². The van der Waals surface area contributed by atoms with Gasteiger partial charge >= 0.3 is 0 Å². The summed E-state index contributed by atoms with van der Waals surface area (Å²) in [6.45, 7) is 0. The molecule has 0 aromatic heterocycles. The zero-order chi connectivity index (χ0) is 11.4. The second-order valence-corrected chi connectivity index (χ2v) is 4.83. The lowest BCUT2D eigenvalue weighted by Gasteiger charge is -2.23. The Bertz CT molecular complexity index is 361. The maximum atomic E-state index is 9.79. The second kappa shape index (κ2) is 5.51. The van der Waals surface area contributed by atoms with E-state index in [2.05, 4.69) is 17.6 Å². The van der Waals surface area contributed by atoms with Crippen molar-refractivity contribution in [2.24, 2.45) is 10.9 Å². The number of aliphatic imine (C=N–C) groups is 1. The van der Waals surface area contributed by atoms with Crippen molar-refractivity contribution >= 4 is 24.5 Å². The van der Waals surface area contributed by atoms with Crippen LogP contribution >= 0.6 is 12.6 Å². The second-order valence-electron chi connectivity index (χ2n) is 4.31. The number of aliphatic hydroxyl groups excluding tert-OH is 1. The van der Waals surface area contributed by atoms with E-state index in [9.17, 15) is 5.11 Å². The summed E-state index contributed by atoms with van der Waals surface area (Å²) in [4.78, 5) is 5.34. The first kappa shape index (κ1) is 11.7. The van der Waals surface area contributed by atoms with E-state index in [1.54, 1.807) is 0 Å².